The number of halogens is 2. The molecule has 5 nitrogen and oxygen atoms in total. The minimum Gasteiger partial charge on any atom is -0.444 e. The van der Waals surface area contributed by atoms with Gasteiger partial charge in [0.25, 0.3) is 0 Å². The summed E-state index contributed by atoms with van der Waals surface area (Å²) >= 11 is 0. The number of carbonyl (C=O) groups is 2. The van der Waals surface area contributed by atoms with Gasteiger partial charge >= 0.3 is 6.09 Å². The normalized spacial score (nSPS) is 15.5. The van der Waals surface area contributed by atoms with Gasteiger partial charge in [-0.1, -0.05) is 0 Å². The second-order valence-electron chi connectivity index (χ2n) is 6.37. The molecule has 1 amide bonds. The third kappa shape index (κ3) is 3.97. The van der Waals surface area contributed by atoms with Gasteiger partial charge in [0.2, 0.25) is 0 Å². The average Bonchev–Trinajstić information content (AvgIpc) is 2.48. The third-order valence-corrected chi connectivity index (χ3v) is 3.49. The predicted octanol–water partition coefficient (Wildman–Crippen LogP) is 2.83. The van der Waals surface area contributed by atoms with E-state index >= 15 is 0 Å². The van der Waals surface area contributed by atoms with Crippen LogP contribution in [0.1, 0.15) is 31.1 Å². The first-order chi connectivity index (χ1) is 10.7. The van der Waals surface area contributed by atoms with Gasteiger partial charge in [0.1, 0.15) is 5.60 Å². The number of rotatable bonds is 2. The van der Waals surface area contributed by atoms with Crippen molar-refractivity contribution in [3.05, 3.63) is 29.3 Å². The fraction of sp³-hybridized carbons (Fsp3) is 0.500. The largest absolute Gasteiger partial charge is 0.444 e. The molecule has 1 aromatic carbocycles. The zero-order valence-electron chi connectivity index (χ0n) is 13.4. The molecule has 126 valence electrons. The van der Waals surface area contributed by atoms with Crippen LogP contribution in [-0.4, -0.2) is 49.1 Å². The van der Waals surface area contributed by atoms with Gasteiger partial charge < -0.3 is 14.5 Å². The summed E-state index contributed by atoms with van der Waals surface area (Å²) in [5.74, 6) is -2.19. The fourth-order valence-electron chi connectivity index (χ4n) is 2.35. The van der Waals surface area contributed by atoms with Crippen LogP contribution < -0.4 is 4.90 Å². The minimum absolute atomic E-state index is 0.0944. The molecule has 2 rings (SSSR count). The van der Waals surface area contributed by atoms with Gasteiger partial charge in [-0.3, -0.25) is 4.79 Å². The van der Waals surface area contributed by atoms with Gasteiger partial charge in [-0.15, -0.1) is 0 Å². The molecule has 1 fully saturated rings. The summed E-state index contributed by atoms with van der Waals surface area (Å²) in [6.45, 7) is 6.78. The van der Waals surface area contributed by atoms with Crippen LogP contribution in [0.25, 0.3) is 0 Å². The van der Waals surface area contributed by atoms with Gasteiger partial charge in [0.15, 0.2) is 17.9 Å². The molecule has 0 N–H and O–H groups in total. The lowest BCUT2D eigenvalue weighted by atomic mass is 10.1. The van der Waals surface area contributed by atoms with E-state index in [1.807, 2.05) is 0 Å². The monoisotopic (exact) mass is 326 g/mol. The van der Waals surface area contributed by atoms with Crippen molar-refractivity contribution in [2.45, 2.75) is 26.4 Å². The lowest BCUT2D eigenvalue weighted by Gasteiger charge is -2.36. The van der Waals surface area contributed by atoms with Crippen LogP contribution >= 0.6 is 0 Å². The van der Waals surface area contributed by atoms with Crippen LogP contribution in [0.3, 0.4) is 0 Å². The Labute approximate surface area is 133 Å². The van der Waals surface area contributed by atoms with E-state index < -0.39 is 23.3 Å². The van der Waals surface area contributed by atoms with Gasteiger partial charge in [0.05, 0.1) is 11.3 Å². The Morgan fingerprint density at radius 2 is 1.74 bits per heavy atom. The maximum atomic E-state index is 14.0. The molecular weight excluding hydrogens is 306 g/mol. The molecule has 0 aliphatic carbocycles. The average molecular weight is 326 g/mol. The van der Waals surface area contributed by atoms with Crippen molar-refractivity contribution in [2.24, 2.45) is 0 Å². The first-order valence-corrected chi connectivity index (χ1v) is 7.39. The molecular formula is C16H20F2N2O3. The molecule has 1 aromatic rings. The second-order valence-corrected chi connectivity index (χ2v) is 6.37. The molecule has 0 radical (unpaired) electrons. The highest BCUT2D eigenvalue weighted by atomic mass is 19.2. The van der Waals surface area contributed by atoms with Crippen LogP contribution in [0, 0.1) is 11.6 Å². The molecule has 0 unspecified atom stereocenters. The Morgan fingerprint density at radius 1 is 1.13 bits per heavy atom. The van der Waals surface area contributed by atoms with Crippen LogP contribution in [0.2, 0.25) is 0 Å². The van der Waals surface area contributed by atoms with Crippen LogP contribution in [0.15, 0.2) is 12.1 Å². The maximum Gasteiger partial charge on any atom is 0.410 e. The summed E-state index contributed by atoms with van der Waals surface area (Å²) in [5.41, 5.74) is -0.788. The molecule has 0 aromatic heterocycles. The minimum atomic E-state index is -1.15. The van der Waals surface area contributed by atoms with Gasteiger partial charge in [-0.25, -0.2) is 13.6 Å². The molecule has 1 aliphatic heterocycles. The highest BCUT2D eigenvalue weighted by Gasteiger charge is 2.27. The quantitative estimate of drug-likeness (QED) is 0.784. The smallest absolute Gasteiger partial charge is 0.410 e. The zero-order valence-corrected chi connectivity index (χ0v) is 13.4. The van der Waals surface area contributed by atoms with Gasteiger partial charge in [-0.2, -0.15) is 0 Å². The first-order valence-electron chi connectivity index (χ1n) is 7.39. The van der Waals surface area contributed by atoms with Crippen molar-refractivity contribution in [3.8, 4) is 0 Å². The highest BCUT2D eigenvalue weighted by Crippen LogP contribution is 2.25. The van der Waals surface area contributed by atoms with E-state index in [1.54, 1.807) is 25.7 Å². The molecule has 0 saturated carbocycles. The first kappa shape index (κ1) is 17.2. The number of carbonyl (C=O) groups excluding carboxylic acids is 2. The lowest BCUT2D eigenvalue weighted by molar-refractivity contribution is 0.0240. The van der Waals surface area contributed by atoms with E-state index in [-0.39, 0.29) is 17.5 Å². The fourth-order valence-corrected chi connectivity index (χ4v) is 2.35. The van der Waals surface area contributed by atoms with Gasteiger partial charge in [-0.05, 0) is 32.9 Å². The third-order valence-electron chi connectivity index (χ3n) is 3.49. The van der Waals surface area contributed by atoms with Crippen molar-refractivity contribution in [3.63, 3.8) is 0 Å². The number of amides is 1. The Bertz CT molecular complexity index is 606. The van der Waals surface area contributed by atoms with Crippen molar-refractivity contribution in [2.75, 3.05) is 31.1 Å². The van der Waals surface area contributed by atoms with Crippen LogP contribution in [0.4, 0.5) is 19.3 Å². The molecule has 7 heteroatoms. The van der Waals surface area contributed by atoms with E-state index in [0.717, 1.165) is 0 Å². The van der Waals surface area contributed by atoms with Crippen molar-refractivity contribution >= 4 is 18.1 Å². The predicted molar refractivity (Wildman–Crippen MR) is 81.8 cm³/mol. The molecule has 1 aliphatic rings. The summed E-state index contributed by atoms with van der Waals surface area (Å²) in [6.07, 6.45) is -0.136. The van der Waals surface area contributed by atoms with Crippen molar-refractivity contribution < 1.29 is 23.1 Å². The number of nitrogens with zero attached hydrogens (tertiary/aromatic N) is 2. The molecule has 1 saturated heterocycles. The number of piperazine rings is 1. The van der Waals surface area contributed by atoms with E-state index in [2.05, 4.69) is 0 Å². The number of hydrogen-bond acceptors (Lipinski definition) is 4. The molecule has 1 heterocycles. The van der Waals surface area contributed by atoms with Crippen molar-refractivity contribution in [1.29, 1.82) is 0 Å². The number of ether oxygens (including phenoxy) is 1. The summed E-state index contributed by atoms with van der Waals surface area (Å²) in [4.78, 5) is 25.8. The number of benzene rings is 1. The van der Waals surface area contributed by atoms with Crippen LogP contribution in [0.5, 0.6) is 0 Å². The maximum absolute atomic E-state index is 14.0. The summed E-state index contributed by atoms with van der Waals surface area (Å²) < 4.78 is 33.0. The van der Waals surface area contributed by atoms with Gasteiger partial charge in [0, 0.05) is 26.2 Å². The van der Waals surface area contributed by atoms with E-state index in [0.29, 0.717) is 26.2 Å². The topological polar surface area (TPSA) is 49.9 Å². The molecule has 23 heavy (non-hydrogen) atoms. The number of aldehydes is 1. The second kappa shape index (κ2) is 6.52. The number of anilines is 1. The van der Waals surface area contributed by atoms with Crippen molar-refractivity contribution in [1.82, 2.24) is 4.90 Å². The Balaban J connectivity index is 2.04. The Hall–Kier alpha value is -2.18. The summed E-state index contributed by atoms with van der Waals surface area (Å²) in [6, 6.07) is 2.63. The highest BCUT2D eigenvalue weighted by molar-refractivity contribution is 5.76. The zero-order chi connectivity index (χ0) is 17.2. The summed E-state index contributed by atoms with van der Waals surface area (Å²) in [5, 5.41) is 0. The van der Waals surface area contributed by atoms with Crippen LogP contribution in [-0.2, 0) is 4.74 Å². The SMILES string of the molecule is CC(C)(C)OC(=O)N1CCN(c2ccc(C=O)c(F)c2F)CC1. The molecule has 0 atom stereocenters. The standard InChI is InChI=1S/C16H20F2N2O3/c1-16(2,3)23-15(22)20-8-6-19(7-9-20)12-5-4-11(10-21)13(17)14(12)18/h4-5,10H,6-9H2,1-3H3. The van der Waals surface area contributed by atoms with E-state index in [9.17, 15) is 18.4 Å². The Morgan fingerprint density at radius 3 is 2.26 bits per heavy atom. The van der Waals surface area contributed by atoms with E-state index in [1.165, 1.54) is 17.0 Å². The van der Waals surface area contributed by atoms with E-state index in [4.69, 9.17) is 4.74 Å². The lowest BCUT2D eigenvalue weighted by Crippen LogP contribution is -2.50. The molecule has 0 spiro atoms. The number of hydrogen-bond donors (Lipinski definition) is 0. The molecule has 0 bridgehead atoms. The summed E-state index contributed by atoms with van der Waals surface area (Å²) in [7, 11) is 0. The Kier molecular flexibility index (Phi) is 4.87.